The van der Waals surface area contributed by atoms with E-state index in [1.54, 1.807) is 0 Å². The van der Waals surface area contributed by atoms with Gasteiger partial charge in [-0.05, 0) is 51.1 Å². The van der Waals surface area contributed by atoms with Crippen molar-refractivity contribution in [3.05, 3.63) is 0 Å². The lowest BCUT2D eigenvalue weighted by atomic mass is 9.99. The minimum absolute atomic E-state index is 0.223. The maximum absolute atomic E-state index is 9.70. The summed E-state index contributed by atoms with van der Waals surface area (Å²) in [6, 6.07) is 0. The summed E-state index contributed by atoms with van der Waals surface area (Å²) >= 11 is 0. The third-order valence-electron chi connectivity index (χ3n) is 3.66. The first-order valence-electron chi connectivity index (χ1n) is 5.66. The van der Waals surface area contributed by atoms with Gasteiger partial charge in [0.05, 0.1) is 5.60 Å². The van der Waals surface area contributed by atoms with Crippen molar-refractivity contribution in [2.45, 2.75) is 44.6 Å². The molecule has 1 N–H and O–H groups in total. The van der Waals surface area contributed by atoms with Crippen LogP contribution in [-0.2, 0) is 0 Å². The lowest BCUT2D eigenvalue weighted by Gasteiger charge is -2.14. The SMILES string of the molecule is CCN1CCC(CCC2(O)CC2)C1. The van der Waals surface area contributed by atoms with Gasteiger partial charge in [-0.1, -0.05) is 6.92 Å². The minimum Gasteiger partial charge on any atom is -0.390 e. The average Bonchev–Trinajstić information content (AvgIpc) is 2.69. The molecular formula is C11H21NO. The molecule has 1 saturated heterocycles. The van der Waals surface area contributed by atoms with Crippen molar-refractivity contribution in [1.82, 2.24) is 4.90 Å². The molecule has 0 radical (unpaired) electrons. The fraction of sp³-hybridized carbons (Fsp3) is 1.00. The highest BCUT2D eigenvalue weighted by molar-refractivity contribution is 4.94. The van der Waals surface area contributed by atoms with E-state index >= 15 is 0 Å². The van der Waals surface area contributed by atoms with Crippen LogP contribution in [0.15, 0.2) is 0 Å². The normalized spacial score (nSPS) is 32.3. The highest BCUT2D eigenvalue weighted by Crippen LogP contribution is 2.40. The van der Waals surface area contributed by atoms with Crippen LogP contribution in [-0.4, -0.2) is 35.2 Å². The van der Waals surface area contributed by atoms with Crippen LogP contribution in [0.4, 0.5) is 0 Å². The van der Waals surface area contributed by atoms with Gasteiger partial charge in [-0.2, -0.15) is 0 Å². The van der Waals surface area contributed by atoms with E-state index in [1.165, 1.54) is 32.5 Å². The molecule has 2 heteroatoms. The number of likely N-dealkylation sites (tertiary alicyclic amines) is 1. The van der Waals surface area contributed by atoms with Gasteiger partial charge in [0.25, 0.3) is 0 Å². The molecule has 0 spiro atoms. The van der Waals surface area contributed by atoms with E-state index in [2.05, 4.69) is 11.8 Å². The molecule has 2 rings (SSSR count). The highest BCUT2D eigenvalue weighted by atomic mass is 16.3. The Morgan fingerprint density at radius 1 is 1.46 bits per heavy atom. The molecule has 1 aliphatic heterocycles. The van der Waals surface area contributed by atoms with Crippen molar-refractivity contribution in [2.24, 2.45) is 5.92 Å². The molecule has 76 valence electrons. The zero-order chi connectivity index (χ0) is 9.31. The number of hydrogen-bond acceptors (Lipinski definition) is 2. The van der Waals surface area contributed by atoms with Crippen LogP contribution in [0.25, 0.3) is 0 Å². The summed E-state index contributed by atoms with van der Waals surface area (Å²) in [4.78, 5) is 2.52. The van der Waals surface area contributed by atoms with Gasteiger partial charge in [0.15, 0.2) is 0 Å². The maximum atomic E-state index is 9.70. The van der Waals surface area contributed by atoms with Crippen LogP contribution in [0, 0.1) is 5.92 Å². The second kappa shape index (κ2) is 3.58. The van der Waals surface area contributed by atoms with Gasteiger partial charge >= 0.3 is 0 Å². The molecule has 1 unspecified atom stereocenters. The molecule has 0 aromatic heterocycles. The largest absolute Gasteiger partial charge is 0.390 e. The Bertz CT molecular complexity index is 177. The monoisotopic (exact) mass is 183 g/mol. The highest BCUT2D eigenvalue weighted by Gasteiger charge is 2.40. The summed E-state index contributed by atoms with van der Waals surface area (Å²) < 4.78 is 0. The van der Waals surface area contributed by atoms with Gasteiger partial charge in [0.2, 0.25) is 0 Å². The Hall–Kier alpha value is -0.0800. The zero-order valence-electron chi connectivity index (χ0n) is 8.63. The van der Waals surface area contributed by atoms with Crippen LogP contribution in [0.1, 0.15) is 39.0 Å². The fourth-order valence-electron chi connectivity index (χ4n) is 2.30. The lowest BCUT2D eigenvalue weighted by Crippen LogP contribution is -2.20. The van der Waals surface area contributed by atoms with Gasteiger partial charge in [-0.15, -0.1) is 0 Å². The lowest BCUT2D eigenvalue weighted by molar-refractivity contribution is 0.130. The van der Waals surface area contributed by atoms with Crippen molar-refractivity contribution in [3.8, 4) is 0 Å². The molecule has 2 aliphatic rings. The van der Waals surface area contributed by atoms with E-state index in [-0.39, 0.29) is 5.60 Å². The van der Waals surface area contributed by atoms with Gasteiger partial charge in [0.1, 0.15) is 0 Å². The summed E-state index contributed by atoms with van der Waals surface area (Å²) in [7, 11) is 0. The number of aliphatic hydroxyl groups is 1. The first-order chi connectivity index (χ1) is 6.22. The van der Waals surface area contributed by atoms with E-state index in [0.29, 0.717) is 0 Å². The molecule has 0 bridgehead atoms. The second-order valence-electron chi connectivity index (χ2n) is 4.81. The molecule has 0 aromatic rings. The van der Waals surface area contributed by atoms with Crippen molar-refractivity contribution in [1.29, 1.82) is 0 Å². The topological polar surface area (TPSA) is 23.5 Å². The summed E-state index contributed by atoms with van der Waals surface area (Å²) in [5, 5.41) is 9.70. The Labute approximate surface area is 80.9 Å². The molecular weight excluding hydrogens is 162 g/mol. The molecule has 1 atom stereocenters. The van der Waals surface area contributed by atoms with Gasteiger partial charge in [-0.25, -0.2) is 0 Å². The summed E-state index contributed by atoms with van der Waals surface area (Å²) in [6.07, 6.45) is 5.75. The first kappa shape index (κ1) is 9.47. The molecule has 2 fully saturated rings. The predicted molar refractivity (Wildman–Crippen MR) is 53.6 cm³/mol. The Kier molecular flexibility index (Phi) is 2.61. The van der Waals surface area contributed by atoms with Crippen LogP contribution in [0.5, 0.6) is 0 Å². The summed E-state index contributed by atoms with van der Waals surface area (Å²) in [5.74, 6) is 0.865. The van der Waals surface area contributed by atoms with E-state index in [0.717, 1.165) is 25.2 Å². The van der Waals surface area contributed by atoms with Gasteiger partial charge in [-0.3, -0.25) is 0 Å². The van der Waals surface area contributed by atoms with Crippen LogP contribution in [0.3, 0.4) is 0 Å². The minimum atomic E-state index is -0.223. The third-order valence-corrected chi connectivity index (χ3v) is 3.66. The summed E-state index contributed by atoms with van der Waals surface area (Å²) in [5.41, 5.74) is -0.223. The maximum Gasteiger partial charge on any atom is 0.0650 e. The second-order valence-corrected chi connectivity index (χ2v) is 4.81. The van der Waals surface area contributed by atoms with Crippen molar-refractivity contribution in [2.75, 3.05) is 19.6 Å². The van der Waals surface area contributed by atoms with Crippen LogP contribution in [0.2, 0.25) is 0 Å². The quantitative estimate of drug-likeness (QED) is 0.716. The number of rotatable bonds is 4. The zero-order valence-corrected chi connectivity index (χ0v) is 8.63. The van der Waals surface area contributed by atoms with Crippen molar-refractivity contribution in [3.63, 3.8) is 0 Å². The molecule has 1 heterocycles. The molecule has 1 aliphatic carbocycles. The summed E-state index contributed by atoms with van der Waals surface area (Å²) in [6.45, 7) is 5.98. The standard InChI is InChI=1S/C11H21NO/c1-2-12-8-4-10(9-12)3-5-11(13)6-7-11/h10,13H,2-9H2,1H3. The smallest absolute Gasteiger partial charge is 0.0650 e. The predicted octanol–water partition coefficient (Wildman–Crippen LogP) is 1.63. The van der Waals surface area contributed by atoms with E-state index in [4.69, 9.17) is 0 Å². The molecule has 1 saturated carbocycles. The van der Waals surface area contributed by atoms with Gasteiger partial charge in [0, 0.05) is 6.54 Å². The fourth-order valence-corrected chi connectivity index (χ4v) is 2.30. The Morgan fingerprint density at radius 2 is 2.23 bits per heavy atom. The van der Waals surface area contributed by atoms with Crippen molar-refractivity contribution >= 4 is 0 Å². The molecule has 0 aromatic carbocycles. The first-order valence-corrected chi connectivity index (χ1v) is 5.66. The Balaban J connectivity index is 1.66. The van der Waals surface area contributed by atoms with Crippen LogP contribution >= 0.6 is 0 Å². The number of hydrogen-bond donors (Lipinski definition) is 1. The Morgan fingerprint density at radius 3 is 2.77 bits per heavy atom. The molecule has 0 amide bonds. The van der Waals surface area contributed by atoms with Crippen molar-refractivity contribution < 1.29 is 5.11 Å². The molecule has 13 heavy (non-hydrogen) atoms. The van der Waals surface area contributed by atoms with E-state index in [1.807, 2.05) is 0 Å². The van der Waals surface area contributed by atoms with Gasteiger partial charge < -0.3 is 10.0 Å². The van der Waals surface area contributed by atoms with Crippen LogP contribution < -0.4 is 0 Å². The van der Waals surface area contributed by atoms with E-state index in [9.17, 15) is 5.11 Å². The molecule has 2 nitrogen and oxygen atoms in total. The van der Waals surface area contributed by atoms with E-state index < -0.39 is 0 Å². The third kappa shape index (κ3) is 2.44. The number of nitrogens with zero attached hydrogens (tertiary/aromatic N) is 1. The average molecular weight is 183 g/mol.